The van der Waals surface area contributed by atoms with Crippen LogP contribution in [0.15, 0.2) is 0 Å². The van der Waals surface area contributed by atoms with Crippen molar-refractivity contribution in [1.82, 2.24) is 0 Å². The molecule has 0 aliphatic heterocycles. The maximum atomic E-state index is 9.84. The molecule has 1 unspecified atom stereocenters. The lowest BCUT2D eigenvalue weighted by atomic mass is 9.99. The second kappa shape index (κ2) is 3.64. The molecule has 0 bridgehead atoms. The summed E-state index contributed by atoms with van der Waals surface area (Å²) < 4.78 is 0. The number of aliphatic hydroxyl groups is 2. The van der Waals surface area contributed by atoms with Crippen molar-refractivity contribution in [2.24, 2.45) is 0 Å². The molecule has 5 nitrogen and oxygen atoms in total. The van der Waals surface area contributed by atoms with Crippen LogP contribution in [0.2, 0.25) is 0 Å². The minimum absolute atomic E-state index is 0.0174. The van der Waals surface area contributed by atoms with Crippen LogP contribution in [0.3, 0.4) is 0 Å². The summed E-state index contributed by atoms with van der Waals surface area (Å²) in [7, 11) is 0. The van der Waals surface area contributed by atoms with E-state index in [0.717, 1.165) is 0 Å². The highest BCUT2D eigenvalue weighted by Gasteiger charge is 2.25. The third-order valence-corrected chi connectivity index (χ3v) is 1.40. The molecule has 0 saturated carbocycles. The summed E-state index contributed by atoms with van der Waals surface area (Å²) in [5, 5.41) is 28.1. The van der Waals surface area contributed by atoms with Crippen molar-refractivity contribution in [2.45, 2.75) is 32.0 Å². The molecule has 5 heteroatoms. The number of hydrogen-bond acceptors (Lipinski definition) is 4. The van der Waals surface area contributed by atoms with Gasteiger partial charge in [0.1, 0.15) is 0 Å². The Kier molecular flexibility index (Phi) is 3.41. The van der Waals surface area contributed by atoms with E-state index in [0.29, 0.717) is 0 Å². The van der Waals surface area contributed by atoms with E-state index in [2.05, 4.69) is 0 Å². The summed E-state index contributed by atoms with van der Waals surface area (Å²) in [6.07, 6.45) is -1.05. The van der Waals surface area contributed by atoms with Crippen LogP contribution >= 0.6 is 0 Å². The Hall–Kier alpha value is -0.680. The van der Waals surface area contributed by atoms with Gasteiger partial charge in [-0.05, 0) is 13.8 Å². The smallest absolute Gasteiger partial charge is 0.206 e. The Morgan fingerprint density at radius 3 is 2.36 bits per heavy atom. The molecule has 66 valence electrons. The minimum Gasteiger partial charge on any atom is -0.390 e. The van der Waals surface area contributed by atoms with E-state index in [1.54, 1.807) is 0 Å². The van der Waals surface area contributed by atoms with Gasteiger partial charge in [-0.3, -0.25) is 10.1 Å². The maximum Gasteiger partial charge on any atom is 0.206 e. The molecule has 0 aliphatic carbocycles. The third-order valence-electron chi connectivity index (χ3n) is 1.40. The standard InChI is InChI=1S/C6H13NO4/c1-6(2,9)5(8)3-4-7(10)11/h5,8-9H,3-4H2,1-2H3. The van der Waals surface area contributed by atoms with E-state index >= 15 is 0 Å². The molecule has 1 atom stereocenters. The zero-order chi connectivity index (χ0) is 9.07. The number of rotatable bonds is 4. The topological polar surface area (TPSA) is 83.6 Å². The van der Waals surface area contributed by atoms with Crippen molar-refractivity contribution in [1.29, 1.82) is 0 Å². The molecule has 2 N–H and O–H groups in total. The fourth-order valence-corrected chi connectivity index (χ4v) is 0.581. The van der Waals surface area contributed by atoms with Crippen LogP contribution in [0.25, 0.3) is 0 Å². The molecule has 0 amide bonds. The molecule has 0 radical (unpaired) electrons. The summed E-state index contributed by atoms with van der Waals surface area (Å²) in [6.45, 7) is 2.51. The van der Waals surface area contributed by atoms with Gasteiger partial charge < -0.3 is 10.2 Å². The number of nitrogens with zero attached hydrogens (tertiary/aromatic N) is 1. The Morgan fingerprint density at radius 1 is 1.64 bits per heavy atom. The summed E-state index contributed by atoms with van der Waals surface area (Å²) in [5.74, 6) is 0. The predicted octanol–water partition coefficient (Wildman–Crippen LogP) is -0.215. The molecule has 0 aliphatic rings. The fourth-order valence-electron chi connectivity index (χ4n) is 0.581. The van der Waals surface area contributed by atoms with Crippen LogP contribution in [0, 0.1) is 10.1 Å². The van der Waals surface area contributed by atoms with Gasteiger partial charge in [-0.2, -0.15) is 0 Å². The molecule has 0 rings (SSSR count). The van der Waals surface area contributed by atoms with Crippen molar-refractivity contribution in [3.63, 3.8) is 0 Å². The highest BCUT2D eigenvalue weighted by Crippen LogP contribution is 2.10. The summed E-state index contributed by atoms with van der Waals surface area (Å²) >= 11 is 0. The normalized spacial score (nSPS) is 14.5. The fraction of sp³-hybridized carbons (Fsp3) is 1.00. The van der Waals surface area contributed by atoms with E-state index in [9.17, 15) is 10.1 Å². The summed E-state index contributed by atoms with van der Waals surface area (Å²) in [5.41, 5.74) is -1.25. The lowest BCUT2D eigenvalue weighted by Gasteiger charge is -2.22. The quantitative estimate of drug-likeness (QED) is 0.443. The van der Waals surface area contributed by atoms with E-state index in [4.69, 9.17) is 10.2 Å². The number of aliphatic hydroxyl groups excluding tert-OH is 1. The van der Waals surface area contributed by atoms with E-state index < -0.39 is 16.6 Å². The summed E-state index contributed by atoms with van der Waals surface area (Å²) in [4.78, 5) is 9.32. The average Bonchev–Trinajstić information content (AvgIpc) is 1.80. The van der Waals surface area contributed by atoms with Crippen LogP contribution in [0.1, 0.15) is 20.3 Å². The second-order valence-electron chi connectivity index (χ2n) is 3.01. The van der Waals surface area contributed by atoms with E-state index in [1.807, 2.05) is 0 Å². The first-order valence-electron chi connectivity index (χ1n) is 3.36. The van der Waals surface area contributed by atoms with Crippen molar-refractivity contribution in [3.8, 4) is 0 Å². The molecular weight excluding hydrogens is 150 g/mol. The first-order chi connectivity index (χ1) is 4.84. The highest BCUT2D eigenvalue weighted by molar-refractivity contribution is 4.75. The zero-order valence-electron chi connectivity index (χ0n) is 6.65. The Labute approximate surface area is 64.8 Å². The Bertz CT molecular complexity index is 140. The lowest BCUT2D eigenvalue weighted by Crippen LogP contribution is -2.37. The Morgan fingerprint density at radius 2 is 2.09 bits per heavy atom. The van der Waals surface area contributed by atoms with Gasteiger partial charge in [0.2, 0.25) is 6.54 Å². The van der Waals surface area contributed by atoms with Gasteiger partial charge in [-0.15, -0.1) is 0 Å². The molecular formula is C6H13NO4. The largest absolute Gasteiger partial charge is 0.390 e. The van der Waals surface area contributed by atoms with Gasteiger partial charge in [-0.1, -0.05) is 0 Å². The van der Waals surface area contributed by atoms with E-state index in [1.165, 1.54) is 13.8 Å². The molecule has 0 aromatic rings. The average molecular weight is 163 g/mol. The SMILES string of the molecule is CC(C)(O)C(O)CC[N+](=O)[O-]. The van der Waals surface area contributed by atoms with Crippen LogP contribution < -0.4 is 0 Å². The van der Waals surface area contributed by atoms with Crippen LogP contribution in [-0.4, -0.2) is 33.4 Å². The van der Waals surface area contributed by atoms with E-state index in [-0.39, 0.29) is 13.0 Å². The molecule has 0 heterocycles. The highest BCUT2D eigenvalue weighted by atomic mass is 16.6. The summed E-state index contributed by atoms with van der Waals surface area (Å²) in [6, 6.07) is 0. The van der Waals surface area contributed by atoms with Crippen molar-refractivity contribution in [2.75, 3.05) is 6.54 Å². The monoisotopic (exact) mass is 163 g/mol. The van der Waals surface area contributed by atoms with Crippen molar-refractivity contribution >= 4 is 0 Å². The molecule has 0 spiro atoms. The third kappa shape index (κ3) is 4.69. The first-order valence-corrected chi connectivity index (χ1v) is 3.36. The van der Waals surface area contributed by atoms with Gasteiger partial charge in [0, 0.05) is 11.3 Å². The lowest BCUT2D eigenvalue weighted by molar-refractivity contribution is -0.482. The van der Waals surface area contributed by atoms with Gasteiger partial charge in [0.25, 0.3) is 0 Å². The van der Waals surface area contributed by atoms with Gasteiger partial charge in [0.05, 0.1) is 11.7 Å². The van der Waals surface area contributed by atoms with Crippen molar-refractivity contribution in [3.05, 3.63) is 10.1 Å². The molecule has 11 heavy (non-hydrogen) atoms. The molecule has 0 aromatic heterocycles. The van der Waals surface area contributed by atoms with Gasteiger partial charge in [-0.25, -0.2) is 0 Å². The minimum atomic E-state index is -1.25. The molecule has 0 fully saturated rings. The van der Waals surface area contributed by atoms with Gasteiger partial charge in [0.15, 0.2) is 0 Å². The second-order valence-corrected chi connectivity index (χ2v) is 3.01. The van der Waals surface area contributed by atoms with Gasteiger partial charge >= 0.3 is 0 Å². The van der Waals surface area contributed by atoms with Crippen LogP contribution in [-0.2, 0) is 0 Å². The predicted molar refractivity (Wildman–Crippen MR) is 38.8 cm³/mol. The van der Waals surface area contributed by atoms with Crippen molar-refractivity contribution < 1.29 is 15.1 Å². The molecule has 0 saturated heterocycles. The zero-order valence-corrected chi connectivity index (χ0v) is 6.65. The maximum absolute atomic E-state index is 9.84. The number of hydrogen-bond donors (Lipinski definition) is 2. The van der Waals surface area contributed by atoms with Crippen LogP contribution in [0.4, 0.5) is 0 Å². The Balaban J connectivity index is 3.70. The van der Waals surface area contributed by atoms with Crippen LogP contribution in [0.5, 0.6) is 0 Å². The number of nitro groups is 1. The first kappa shape index (κ1) is 10.3. The molecule has 0 aromatic carbocycles.